The van der Waals surface area contributed by atoms with E-state index in [1.807, 2.05) is 6.92 Å². The maximum Gasteiger partial charge on any atom is 0.119 e. The summed E-state index contributed by atoms with van der Waals surface area (Å²) in [5, 5.41) is 0. The van der Waals surface area contributed by atoms with Crippen molar-refractivity contribution in [1.29, 1.82) is 0 Å². The third-order valence-corrected chi connectivity index (χ3v) is 5.38. The minimum atomic E-state index is -2.71. The highest BCUT2D eigenvalue weighted by Gasteiger charge is 2.34. The van der Waals surface area contributed by atoms with E-state index >= 15 is 0 Å². The minimum absolute atomic E-state index is 0.0578. The molecule has 96 valence electrons. The smallest absolute Gasteiger partial charge is 0.119 e. The molecule has 17 heavy (non-hydrogen) atoms. The largest absolute Gasteiger partial charge is 0.771 e. The molecule has 0 N–H and O–H groups in total. The van der Waals surface area contributed by atoms with Crippen LogP contribution in [-0.2, 0) is 26.2 Å². The molecule has 2 unspecified atom stereocenters. The molecule has 0 bridgehead atoms. The van der Waals surface area contributed by atoms with Gasteiger partial charge in [-0.15, -0.1) is 0 Å². The third-order valence-electron chi connectivity index (χ3n) is 2.61. The Labute approximate surface area is 106 Å². The van der Waals surface area contributed by atoms with Crippen LogP contribution in [0.1, 0.15) is 30.9 Å². The molecule has 0 aliphatic carbocycles. The van der Waals surface area contributed by atoms with Gasteiger partial charge >= 0.3 is 0 Å². The van der Waals surface area contributed by atoms with Crippen LogP contribution in [0.5, 0.6) is 0 Å². The first-order valence-corrected chi connectivity index (χ1v) is 7.36. The number of aryl methyl sites for hydroxylation is 1. The van der Waals surface area contributed by atoms with Crippen molar-refractivity contribution in [3.8, 4) is 0 Å². The van der Waals surface area contributed by atoms with Gasteiger partial charge in [0.15, 0.2) is 0 Å². The average Bonchev–Trinajstić information content (AvgIpc) is 2.26. The lowest BCUT2D eigenvalue weighted by molar-refractivity contribution is 0.472. The summed E-state index contributed by atoms with van der Waals surface area (Å²) in [6, 6.07) is 6.52. The van der Waals surface area contributed by atoms with Crippen LogP contribution in [0.3, 0.4) is 0 Å². The zero-order chi connectivity index (χ0) is 13.1. The monoisotopic (exact) mass is 274 g/mol. The quantitative estimate of drug-likeness (QED) is 0.765. The van der Waals surface area contributed by atoms with Gasteiger partial charge in [0, 0.05) is 0 Å². The lowest BCUT2D eigenvalue weighted by Gasteiger charge is -2.38. The van der Waals surface area contributed by atoms with Gasteiger partial charge in [-0.3, -0.25) is 8.42 Å². The predicted octanol–water partition coefficient (Wildman–Crippen LogP) is 1.71. The van der Waals surface area contributed by atoms with Crippen LogP contribution >= 0.6 is 0 Å². The van der Waals surface area contributed by atoms with Crippen molar-refractivity contribution in [2.75, 3.05) is 0 Å². The molecule has 0 radical (unpaired) electrons. The first kappa shape index (κ1) is 14.5. The van der Waals surface area contributed by atoms with E-state index in [4.69, 9.17) is 0 Å². The molecule has 4 nitrogen and oxygen atoms in total. The first-order valence-electron chi connectivity index (χ1n) is 5.21. The van der Waals surface area contributed by atoms with Crippen LogP contribution in [-0.4, -0.2) is 17.5 Å². The average molecular weight is 274 g/mol. The highest BCUT2D eigenvalue weighted by atomic mass is 32.3. The van der Waals surface area contributed by atoms with Crippen LogP contribution in [0.2, 0.25) is 0 Å². The summed E-state index contributed by atoms with van der Waals surface area (Å²) in [7, 11) is 0. The SMILES string of the molecule is CCCC(c1ccc(C)cc1)(S(=O)[O-])S(=O)[O-]. The normalized spacial score (nSPS) is 18.4. The molecule has 0 saturated heterocycles. The van der Waals surface area contributed by atoms with Gasteiger partial charge in [-0.25, -0.2) is 0 Å². The van der Waals surface area contributed by atoms with Gasteiger partial charge < -0.3 is 9.11 Å². The van der Waals surface area contributed by atoms with Gasteiger partial charge in [-0.2, -0.15) is 0 Å². The van der Waals surface area contributed by atoms with Crippen molar-refractivity contribution in [2.24, 2.45) is 0 Å². The Kier molecular flexibility index (Phi) is 5.00. The molecule has 0 aliphatic heterocycles. The van der Waals surface area contributed by atoms with Crippen LogP contribution < -0.4 is 0 Å². The zero-order valence-corrected chi connectivity index (χ0v) is 11.3. The molecule has 1 aromatic carbocycles. The van der Waals surface area contributed by atoms with Crippen molar-refractivity contribution in [1.82, 2.24) is 0 Å². The molecule has 0 aromatic heterocycles. The highest BCUT2D eigenvalue weighted by Crippen LogP contribution is 2.35. The summed E-state index contributed by atoms with van der Waals surface area (Å²) in [6.45, 7) is 3.61. The van der Waals surface area contributed by atoms with Gasteiger partial charge in [0.25, 0.3) is 0 Å². The molecule has 2 atom stereocenters. The predicted molar refractivity (Wildman–Crippen MR) is 65.6 cm³/mol. The van der Waals surface area contributed by atoms with Crippen molar-refractivity contribution in [2.45, 2.75) is 30.8 Å². The lowest BCUT2D eigenvalue weighted by Crippen LogP contribution is -2.36. The molecule has 0 spiro atoms. The van der Waals surface area contributed by atoms with E-state index in [0.29, 0.717) is 12.0 Å². The van der Waals surface area contributed by atoms with E-state index in [9.17, 15) is 17.5 Å². The molecular weight excluding hydrogens is 260 g/mol. The summed E-state index contributed by atoms with van der Waals surface area (Å²) in [4.78, 5) is 0. The molecule has 1 rings (SSSR count). The van der Waals surface area contributed by atoms with Crippen LogP contribution in [0.15, 0.2) is 24.3 Å². The second-order valence-corrected chi connectivity index (χ2v) is 6.43. The van der Waals surface area contributed by atoms with Gasteiger partial charge in [-0.05, 0) is 41.1 Å². The summed E-state index contributed by atoms with van der Waals surface area (Å²) >= 11 is -5.42. The Morgan fingerprint density at radius 3 is 1.94 bits per heavy atom. The fourth-order valence-electron chi connectivity index (χ4n) is 1.70. The van der Waals surface area contributed by atoms with E-state index in [1.54, 1.807) is 31.2 Å². The Balaban J connectivity index is 3.35. The van der Waals surface area contributed by atoms with Gasteiger partial charge in [-0.1, -0.05) is 43.2 Å². The van der Waals surface area contributed by atoms with E-state index in [2.05, 4.69) is 0 Å². The molecule has 1 aromatic rings. The number of benzene rings is 1. The molecule has 0 fully saturated rings. The Morgan fingerprint density at radius 1 is 1.12 bits per heavy atom. The van der Waals surface area contributed by atoms with Gasteiger partial charge in [0.05, 0.1) is 0 Å². The standard InChI is InChI=1S/C11H16O4S2/c1-3-8-11(16(12)13,17(14)15)10-6-4-9(2)5-7-10/h4-7H,3,8H2,1-2H3,(H,12,13)(H,14,15)/p-2. The zero-order valence-electron chi connectivity index (χ0n) is 9.67. The minimum Gasteiger partial charge on any atom is -0.771 e. The summed E-state index contributed by atoms with van der Waals surface area (Å²) in [5.74, 6) is 0. The highest BCUT2D eigenvalue weighted by molar-refractivity contribution is 7.98. The molecule has 0 saturated carbocycles. The lowest BCUT2D eigenvalue weighted by atomic mass is 10.1. The summed E-state index contributed by atoms with van der Waals surface area (Å²) in [5.41, 5.74) is 1.25. The molecule has 0 amide bonds. The molecule has 0 heterocycles. The Hall–Kier alpha value is -0.560. The Morgan fingerprint density at radius 2 is 1.59 bits per heavy atom. The van der Waals surface area contributed by atoms with Crippen molar-refractivity contribution in [3.63, 3.8) is 0 Å². The van der Waals surface area contributed by atoms with Crippen molar-refractivity contribution in [3.05, 3.63) is 35.4 Å². The summed E-state index contributed by atoms with van der Waals surface area (Å²) < 4.78 is 43.5. The van der Waals surface area contributed by atoms with E-state index in [0.717, 1.165) is 5.56 Å². The molecule has 6 heteroatoms. The van der Waals surface area contributed by atoms with E-state index in [-0.39, 0.29) is 6.42 Å². The Bertz CT molecular complexity index is 414. The molecule has 0 aliphatic rings. The number of hydrogen-bond donors (Lipinski definition) is 0. The van der Waals surface area contributed by atoms with E-state index in [1.165, 1.54) is 0 Å². The topological polar surface area (TPSA) is 80.3 Å². The van der Waals surface area contributed by atoms with Gasteiger partial charge in [0.2, 0.25) is 0 Å². The second-order valence-electron chi connectivity index (χ2n) is 3.84. The first-order chi connectivity index (χ1) is 7.95. The van der Waals surface area contributed by atoms with Crippen molar-refractivity contribution < 1.29 is 17.5 Å². The van der Waals surface area contributed by atoms with Gasteiger partial charge in [0.1, 0.15) is 4.08 Å². The fourth-order valence-corrected chi connectivity index (χ4v) is 3.54. The van der Waals surface area contributed by atoms with Crippen LogP contribution in [0.25, 0.3) is 0 Å². The number of rotatable bonds is 5. The second kappa shape index (κ2) is 5.86. The maximum atomic E-state index is 11.3. The fraction of sp³-hybridized carbons (Fsp3) is 0.455. The van der Waals surface area contributed by atoms with Crippen LogP contribution in [0, 0.1) is 6.92 Å². The molecular formula is C11H14O4S2-2. The van der Waals surface area contributed by atoms with E-state index < -0.39 is 26.2 Å². The van der Waals surface area contributed by atoms with Crippen molar-refractivity contribution >= 4 is 22.2 Å². The number of hydrogen-bond acceptors (Lipinski definition) is 4. The maximum absolute atomic E-state index is 11.3. The van der Waals surface area contributed by atoms with Crippen LogP contribution in [0.4, 0.5) is 0 Å². The summed E-state index contributed by atoms with van der Waals surface area (Å²) in [6.07, 6.45) is 0.526. The third kappa shape index (κ3) is 2.82.